The van der Waals surface area contributed by atoms with E-state index in [1.165, 1.54) is 11.1 Å². The second-order valence-electron chi connectivity index (χ2n) is 8.89. The van der Waals surface area contributed by atoms with Gasteiger partial charge in [-0.25, -0.2) is 0 Å². The molecule has 0 fully saturated rings. The van der Waals surface area contributed by atoms with Gasteiger partial charge in [-0.2, -0.15) is 50.5 Å². The van der Waals surface area contributed by atoms with Crippen molar-refractivity contribution in [3.05, 3.63) is 35.4 Å². The van der Waals surface area contributed by atoms with Gasteiger partial charge in [-0.15, -0.1) is 0 Å². The summed E-state index contributed by atoms with van der Waals surface area (Å²) in [6.07, 6.45) is 5.34. The topological polar surface area (TPSA) is 36.9 Å². The minimum atomic E-state index is 0.233. The lowest BCUT2D eigenvalue weighted by atomic mass is 9.91. The first-order valence-corrected chi connectivity index (χ1v) is 14.9. The van der Waals surface area contributed by atoms with Crippen molar-refractivity contribution in [3.8, 4) is 34.1 Å². The summed E-state index contributed by atoms with van der Waals surface area (Å²) in [5.41, 5.74) is 4.28. The summed E-state index contributed by atoms with van der Waals surface area (Å²) in [6.45, 7) is 5.20. The molecule has 0 aromatic heterocycles. The Kier molecular flexibility index (Phi) is 14.6. The van der Waals surface area contributed by atoms with E-state index >= 15 is 0 Å². The lowest BCUT2D eigenvalue weighted by Gasteiger charge is -2.24. The third-order valence-corrected chi connectivity index (χ3v) is 7.03. The van der Waals surface area contributed by atoms with Crippen LogP contribution in [-0.2, 0) is 12.8 Å². The fraction of sp³-hybridized carbons (Fsp3) is 0.571. The number of thiol groups is 4. The quantitative estimate of drug-likeness (QED) is 0.151. The van der Waals surface area contributed by atoms with Gasteiger partial charge in [0, 0.05) is 27.2 Å². The van der Waals surface area contributed by atoms with Crippen LogP contribution in [0.1, 0.15) is 50.7 Å². The smallest absolute Gasteiger partial charge is 0.169 e. The number of hydrogen-bond acceptors (Lipinski definition) is 8. The lowest BCUT2D eigenvalue weighted by Crippen LogP contribution is -2.10. The largest absolute Gasteiger partial charge is 0.493 e. The molecule has 0 aliphatic heterocycles. The highest BCUT2D eigenvalue weighted by Crippen LogP contribution is 2.48. The molecule has 2 atom stereocenters. The van der Waals surface area contributed by atoms with Crippen molar-refractivity contribution in [2.45, 2.75) is 62.9 Å². The molecular weight excluding hydrogens is 529 g/mol. The number of para-hydroxylation sites is 1. The summed E-state index contributed by atoms with van der Waals surface area (Å²) in [6, 6.07) is 8.20. The van der Waals surface area contributed by atoms with E-state index < -0.39 is 0 Å². The van der Waals surface area contributed by atoms with E-state index in [2.05, 4.69) is 76.5 Å². The Labute approximate surface area is 239 Å². The first-order chi connectivity index (χ1) is 17.4. The molecule has 2 rings (SSSR count). The number of aryl methyl sites for hydroxylation is 1. The maximum atomic E-state index is 6.46. The zero-order valence-corrected chi connectivity index (χ0v) is 25.5. The van der Waals surface area contributed by atoms with Crippen LogP contribution in [0.3, 0.4) is 0 Å². The van der Waals surface area contributed by atoms with Crippen molar-refractivity contribution in [2.24, 2.45) is 0 Å². The van der Waals surface area contributed by atoms with E-state index in [0.29, 0.717) is 24.7 Å². The molecule has 8 heteroatoms. The molecule has 0 saturated heterocycles. The van der Waals surface area contributed by atoms with Gasteiger partial charge in [-0.05, 0) is 67.7 Å². The van der Waals surface area contributed by atoms with Crippen molar-refractivity contribution in [2.75, 3.05) is 38.9 Å². The van der Waals surface area contributed by atoms with Gasteiger partial charge < -0.3 is 18.9 Å². The summed E-state index contributed by atoms with van der Waals surface area (Å²) in [4.78, 5) is 0. The molecule has 2 aromatic rings. The maximum Gasteiger partial charge on any atom is 0.169 e. The van der Waals surface area contributed by atoms with E-state index in [-0.39, 0.29) is 10.5 Å². The number of methoxy groups -OCH3 is 2. The van der Waals surface area contributed by atoms with Crippen molar-refractivity contribution < 1.29 is 18.9 Å². The minimum absolute atomic E-state index is 0.233. The van der Waals surface area contributed by atoms with E-state index in [9.17, 15) is 0 Å². The van der Waals surface area contributed by atoms with Gasteiger partial charge in [0.2, 0.25) is 0 Å². The molecule has 0 saturated carbocycles. The monoisotopic (exact) mass is 570 g/mol. The normalized spacial score (nSPS) is 12.8. The molecule has 36 heavy (non-hydrogen) atoms. The van der Waals surface area contributed by atoms with Crippen LogP contribution < -0.4 is 18.9 Å². The molecule has 0 heterocycles. The predicted octanol–water partition coefficient (Wildman–Crippen LogP) is 7.27. The fourth-order valence-corrected chi connectivity index (χ4v) is 4.54. The second kappa shape index (κ2) is 16.8. The Morgan fingerprint density at radius 2 is 1.36 bits per heavy atom. The molecule has 202 valence electrons. The zero-order chi connectivity index (χ0) is 26.5. The van der Waals surface area contributed by atoms with Crippen molar-refractivity contribution in [3.63, 3.8) is 0 Å². The Morgan fingerprint density at radius 1 is 0.750 bits per heavy atom. The first kappa shape index (κ1) is 31.3. The van der Waals surface area contributed by atoms with E-state index in [0.717, 1.165) is 72.7 Å². The van der Waals surface area contributed by atoms with Gasteiger partial charge in [0.25, 0.3) is 0 Å². The Morgan fingerprint density at radius 3 is 1.92 bits per heavy atom. The highest BCUT2D eigenvalue weighted by Gasteiger charge is 2.24. The third kappa shape index (κ3) is 9.10. The maximum absolute atomic E-state index is 6.46. The zero-order valence-electron chi connectivity index (χ0n) is 22.0. The summed E-state index contributed by atoms with van der Waals surface area (Å²) in [5.74, 6) is 4.53. The number of hydrogen-bond donors (Lipinski definition) is 4. The highest BCUT2D eigenvalue weighted by atomic mass is 32.1. The van der Waals surface area contributed by atoms with Gasteiger partial charge in [0.15, 0.2) is 23.0 Å². The lowest BCUT2D eigenvalue weighted by molar-refractivity contribution is 0.286. The van der Waals surface area contributed by atoms with Gasteiger partial charge in [-0.3, -0.25) is 0 Å². The second-order valence-corrected chi connectivity index (χ2v) is 11.5. The predicted molar refractivity (Wildman–Crippen MR) is 166 cm³/mol. The van der Waals surface area contributed by atoms with Crippen molar-refractivity contribution in [1.82, 2.24) is 0 Å². The molecular formula is C28H42O4S4. The number of benzene rings is 2. The van der Waals surface area contributed by atoms with Crippen LogP contribution in [0, 0.1) is 0 Å². The number of ether oxygens (including phenoxy) is 4. The Bertz CT molecular complexity index is 934. The molecule has 2 aromatic carbocycles. The Balaban J connectivity index is 2.74. The van der Waals surface area contributed by atoms with Crippen LogP contribution in [0.15, 0.2) is 24.3 Å². The molecule has 0 N–H and O–H groups in total. The van der Waals surface area contributed by atoms with Gasteiger partial charge in [0.1, 0.15) is 0 Å². The summed E-state index contributed by atoms with van der Waals surface area (Å²) in [7, 11) is 3.38. The molecule has 4 nitrogen and oxygen atoms in total. The van der Waals surface area contributed by atoms with Crippen molar-refractivity contribution in [1.29, 1.82) is 0 Å². The average Bonchev–Trinajstić information content (AvgIpc) is 2.86. The van der Waals surface area contributed by atoms with Gasteiger partial charge >= 0.3 is 0 Å². The summed E-state index contributed by atoms with van der Waals surface area (Å²) < 4.78 is 24.5. The van der Waals surface area contributed by atoms with E-state index in [1.807, 2.05) is 12.1 Å². The van der Waals surface area contributed by atoms with Crippen LogP contribution in [0.25, 0.3) is 11.1 Å². The molecule has 0 amide bonds. The summed E-state index contributed by atoms with van der Waals surface area (Å²) >= 11 is 18.0. The van der Waals surface area contributed by atoms with Crippen molar-refractivity contribution >= 4 is 50.5 Å². The first-order valence-electron chi connectivity index (χ1n) is 12.6. The van der Waals surface area contributed by atoms with E-state index in [4.69, 9.17) is 18.9 Å². The molecule has 0 aliphatic carbocycles. The SMILES string of the molecule is COc1cccc(-c2cc(CCCS)c(CCCS)c(OC)c2OCCC(C)S)c1OCCC(C)S. The van der Waals surface area contributed by atoms with Crippen LogP contribution in [0.4, 0.5) is 0 Å². The molecule has 0 aliphatic rings. The van der Waals surface area contributed by atoms with Gasteiger partial charge in [-0.1, -0.05) is 26.0 Å². The van der Waals surface area contributed by atoms with Gasteiger partial charge in [0.05, 0.1) is 27.4 Å². The van der Waals surface area contributed by atoms with Crippen LogP contribution >= 0.6 is 50.5 Å². The third-order valence-electron chi connectivity index (χ3n) is 5.88. The summed E-state index contributed by atoms with van der Waals surface area (Å²) in [5, 5.41) is 0.473. The van der Waals surface area contributed by atoms with Crippen LogP contribution in [-0.4, -0.2) is 49.4 Å². The molecule has 0 spiro atoms. The van der Waals surface area contributed by atoms with E-state index in [1.54, 1.807) is 14.2 Å². The molecule has 0 bridgehead atoms. The number of rotatable bonds is 17. The molecule has 2 unspecified atom stereocenters. The minimum Gasteiger partial charge on any atom is -0.493 e. The average molecular weight is 571 g/mol. The fourth-order valence-electron chi connectivity index (χ4n) is 4.01. The highest BCUT2D eigenvalue weighted by molar-refractivity contribution is 7.81. The Hall–Kier alpha value is -0.960. The molecule has 0 radical (unpaired) electrons. The van der Waals surface area contributed by atoms with Crippen LogP contribution in [0.5, 0.6) is 23.0 Å². The van der Waals surface area contributed by atoms with Crippen LogP contribution in [0.2, 0.25) is 0 Å². The standard InChI is InChI=1S/C28H42O4S4/c1-19(35)12-14-31-26-23(9-5-11-25(26)29-3)24-18-21(8-6-16-33)22(10-7-17-34)27(30-4)28(24)32-15-13-20(2)36/h5,9,11,18-20,33-36H,6-8,10,12-17H2,1-4H3.